The number of hydrogen-bond donors (Lipinski definition) is 1. The van der Waals surface area contributed by atoms with Gasteiger partial charge in [-0.1, -0.05) is 12.1 Å². The molecule has 7 heteroatoms. The molecule has 0 aliphatic rings. The van der Waals surface area contributed by atoms with Crippen LogP contribution in [0.1, 0.15) is 22.2 Å². The first-order valence-electron chi connectivity index (χ1n) is 7.33. The lowest BCUT2D eigenvalue weighted by Crippen LogP contribution is -2.18. The van der Waals surface area contributed by atoms with Crippen molar-refractivity contribution in [1.82, 2.24) is 0 Å². The quantitative estimate of drug-likeness (QED) is 0.807. The Labute approximate surface area is 143 Å². The normalized spacial score (nSPS) is 10.5. The number of anilines is 1. The van der Waals surface area contributed by atoms with Crippen molar-refractivity contribution in [1.29, 1.82) is 0 Å². The van der Waals surface area contributed by atoms with Crippen molar-refractivity contribution in [2.24, 2.45) is 0 Å². The molecule has 0 bridgehead atoms. The van der Waals surface area contributed by atoms with Crippen LogP contribution in [0.5, 0.6) is 0 Å². The van der Waals surface area contributed by atoms with Crippen LogP contribution in [0.4, 0.5) is 9.39 Å². The summed E-state index contributed by atoms with van der Waals surface area (Å²) in [5.41, 5.74) is 1.59. The molecule has 0 fully saturated rings. The smallest absolute Gasteiger partial charge is 0.341 e. The van der Waals surface area contributed by atoms with Gasteiger partial charge in [-0.05, 0) is 31.5 Å². The Kier molecular flexibility index (Phi) is 6.05. The summed E-state index contributed by atoms with van der Waals surface area (Å²) in [4.78, 5) is 25.0. The van der Waals surface area contributed by atoms with E-state index in [1.165, 1.54) is 30.6 Å². The van der Waals surface area contributed by atoms with Crippen LogP contribution in [0.2, 0.25) is 0 Å². The number of amides is 1. The van der Waals surface area contributed by atoms with Crippen molar-refractivity contribution in [3.8, 4) is 11.1 Å². The molecule has 1 heterocycles. The van der Waals surface area contributed by atoms with Crippen molar-refractivity contribution >= 4 is 28.2 Å². The fourth-order valence-electron chi connectivity index (χ4n) is 2.29. The highest BCUT2D eigenvalue weighted by atomic mass is 32.1. The largest absolute Gasteiger partial charge is 0.462 e. The summed E-state index contributed by atoms with van der Waals surface area (Å²) < 4.78 is 23.1. The van der Waals surface area contributed by atoms with Gasteiger partial charge in [0.2, 0.25) is 0 Å². The Balaban J connectivity index is 2.52. The Morgan fingerprint density at radius 2 is 1.92 bits per heavy atom. The van der Waals surface area contributed by atoms with E-state index in [2.05, 4.69) is 5.32 Å². The van der Waals surface area contributed by atoms with Crippen LogP contribution in [0.25, 0.3) is 11.1 Å². The monoisotopic (exact) mass is 351 g/mol. The van der Waals surface area contributed by atoms with Gasteiger partial charge in [-0.2, -0.15) is 0 Å². The third-order valence-electron chi connectivity index (χ3n) is 3.23. The second-order valence-corrected chi connectivity index (χ2v) is 6.17. The van der Waals surface area contributed by atoms with E-state index in [4.69, 9.17) is 9.47 Å². The van der Waals surface area contributed by atoms with Gasteiger partial charge < -0.3 is 14.8 Å². The van der Waals surface area contributed by atoms with Gasteiger partial charge in [0.05, 0.1) is 6.61 Å². The van der Waals surface area contributed by atoms with Crippen LogP contribution in [-0.4, -0.2) is 32.2 Å². The topological polar surface area (TPSA) is 64.6 Å². The van der Waals surface area contributed by atoms with E-state index in [9.17, 15) is 14.0 Å². The fourth-order valence-corrected chi connectivity index (χ4v) is 3.37. The van der Waals surface area contributed by atoms with Gasteiger partial charge >= 0.3 is 5.97 Å². The number of hydrogen-bond acceptors (Lipinski definition) is 5. The molecule has 1 amide bonds. The summed E-state index contributed by atoms with van der Waals surface area (Å²) in [6, 6.07) is 5.83. The van der Waals surface area contributed by atoms with E-state index in [1.807, 2.05) is 6.92 Å². The Morgan fingerprint density at radius 1 is 1.25 bits per heavy atom. The van der Waals surface area contributed by atoms with Crippen molar-refractivity contribution in [2.45, 2.75) is 13.8 Å². The molecular formula is C17H18FNO4S. The Hall–Kier alpha value is -2.25. The van der Waals surface area contributed by atoms with E-state index in [1.54, 1.807) is 19.1 Å². The lowest BCUT2D eigenvalue weighted by Gasteiger charge is -2.09. The number of carbonyl (C=O) groups excluding carboxylic acids is 2. The molecule has 0 unspecified atom stereocenters. The highest BCUT2D eigenvalue weighted by Gasteiger charge is 2.25. The number of ether oxygens (including phenoxy) is 2. The summed E-state index contributed by atoms with van der Waals surface area (Å²) >= 11 is 1.27. The average Bonchev–Trinajstić information content (AvgIpc) is 2.84. The number of esters is 1. The number of benzene rings is 1. The molecule has 2 aromatic rings. The minimum atomic E-state index is -0.533. The molecular weight excluding hydrogens is 333 g/mol. The zero-order valence-corrected chi connectivity index (χ0v) is 14.5. The standard InChI is InChI=1S/C17H18FNO4S/c1-4-23-17(21)15-14(11-5-7-12(18)8-6-11)10(2)24-16(15)19-13(20)9-22-3/h5-8H,4,9H2,1-3H3,(H,19,20). The molecule has 1 aromatic heterocycles. The van der Waals surface area contributed by atoms with Crippen molar-refractivity contribution in [3.05, 3.63) is 40.5 Å². The summed E-state index contributed by atoms with van der Waals surface area (Å²) in [6.45, 7) is 3.63. The van der Waals surface area contributed by atoms with E-state index in [-0.39, 0.29) is 30.5 Å². The predicted molar refractivity (Wildman–Crippen MR) is 90.9 cm³/mol. The summed E-state index contributed by atoms with van der Waals surface area (Å²) in [7, 11) is 1.41. The average molecular weight is 351 g/mol. The van der Waals surface area contributed by atoms with Crippen LogP contribution in [0.3, 0.4) is 0 Å². The van der Waals surface area contributed by atoms with Crippen LogP contribution >= 0.6 is 11.3 Å². The van der Waals surface area contributed by atoms with Gasteiger partial charge in [-0.15, -0.1) is 11.3 Å². The second kappa shape index (κ2) is 8.03. The number of thiophene rings is 1. The van der Waals surface area contributed by atoms with Gasteiger partial charge in [0.25, 0.3) is 5.91 Å². The maximum absolute atomic E-state index is 13.2. The molecule has 128 valence electrons. The first kappa shape index (κ1) is 18.1. The SMILES string of the molecule is CCOC(=O)c1c(NC(=O)COC)sc(C)c1-c1ccc(F)cc1. The molecule has 0 radical (unpaired) electrons. The molecule has 2 rings (SSSR count). The molecule has 0 saturated heterocycles. The fraction of sp³-hybridized carbons (Fsp3) is 0.294. The summed E-state index contributed by atoms with van der Waals surface area (Å²) in [5, 5.41) is 3.07. The van der Waals surface area contributed by atoms with Crippen molar-refractivity contribution in [3.63, 3.8) is 0 Å². The Morgan fingerprint density at radius 3 is 2.50 bits per heavy atom. The molecule has 0 aliphatic heterocycles. The summed E-state index contributed by atoms with van der Waals surface area (Å²) in [5.74, 6) is -1.26. The van der Waals surface area contributed by atoms with Crippen LogP contribution in [0, 0.1) is 12.7 Å². The lowest BCUT2D eigenvalue weighted by molar-refractivity contribution is -0.119. The Bertz CT molecular complexity index is 740. The van der Waals surface area contributed by atoms with Gasteiger partial charge in [0.15, 0.2) is 0 Å². The lowest BCUT2D eigenvalue weighted by atomic mass is 10.0. The second-order valence-electron chi connectivity index (χ2n) is 4.95. The van der Waals surface area contributed by atoms with Crippen LogP contribution < -0.4 is 5.32 Å². The van der Waals surface area contributed by atoms with E-state index < -0.39 is 5.97 Å². The molecule has 0 saturated carbocycles. The molecule has 1 aromatic carbocycles. The molecule has 1 N–H and O–H groups in total. The van der Waals surface area contributed by atoms with Crippen molar-refractivity contribution in [2.75, 3.05) is 25.6 Å². The maximum atomic E-state index is 13.2. The molecule has 5 nitrogen and oxygen atoms in total. The maximum Gasteiger partial charge on any atom is 0.341 e. The third kappa shape index (κ3) is 3.98. The summed E-state index contributed by atoms with van der Waals surface area (Å²) in [6.07, 6.45) is 0. The first-order chi connectivity index (χ1) is 11.5. The number of halogens is 1. The minimum Gasteiger partial charge on any atom is -0.462 e. The minimum absolute atomic E-state index is 0.120. The number of rotatable bonds is 6. The highest BCUT2D eigenvalue weighted by Crippen LogP contribution is 2.40. The van der Waals surface area contributed by atoms with Gasteiger partial charge in [0, 0.05) is 17.6 Å². The predicted octanol–water partition coefficient (Wildman–Crippen LogP) is 3.62. The van der Waals surface area contributed by atoms with Crippen LogP contribution in [-0.2, 0) is 14.3 Å². The van der Waals surface area contributed by atoms with Crippen LogP contribution in [0.15, 0.2) is 24.3 Å². The van der Waals surface area contributed by atoms with Gasteiger partial charge in [-0.3, -0.25) is 4.79 Å². The van der Waals surface area contributed by atoms with E-state index in [0.717, 1.165) is 4.88 Å². The first-order valence-corrected chi connectivity index (χ1v) is 8.14. The molecule has 0 atom stereocenters. The number of carbonyl (C=O) groups is 2. The number of aryl methyl sites for hydroxylation is 1. The number of methoxy groups -OCH3 is 1. The van der Waals surface area contributed by atoms with E-state index >= 15 is 0 Å². The highest BCUT2D eigenvalue weighted by molar-refractivity contribution is 7.17. The van der Waals surface area contributed by atoms with Gasteiger partial charge in [0.1, 0.15) is 23.0 Å². The molecule has 24 heavy (non-hydrogen) atoms. The molecule has 0 spiro atoms. The van der Waals surface area contributed by atoms with Gasteiger partial charge in [-0.25, -0.2) is 9.18 Å². The third-order valence-corrected chi connectivity index (χ3v) is 4.25. The zero-order valence-electron chi connectivity index (χ0n) is 13.6. The van der Waals surface area contributed by atoms with E-state index in [0.29, 0.717) is 16.1 Å². The molecule has 0 aliphatic carbocycles. The zero-order chi connectivity index (χ0) is 17.7. The number of nitrogens with one attached hydrogen (secondary N) is 1. The van der Waals surface area contributed by atoms with Crippen molar-refractivity contribution < 1.29 is 23.5 Å².